The maximum atomic E-state index is 12.4. The lowest BCUT2D eigenvalue weighted by Crippen LogP contribution is -2.47. The molecule has 3 atom stereocenters. The largest absolute Gasteiger partial charge is 0.504 e. The Labute approximate surface area is 160 Å². The number of esters is 1. The highest BCUT2D eigenvalue weighted by molar-refractivity contribution is 5.89. The third-order valence-electron chi connectivity index (χ3n) is 6.37. The summed E-state index contributed by atoms with van der Waals surface area (Å²) < 4.78 is 10.3. The second-order valence-electron chi connectivity index (χ2n) is 7.63. The summed E-state index contributed by atoms with van der Waals surface area (Å²) in [4.78, 5) is 18.7. The lowest BCUT2D eigenvalue weighted by molar-refractivity contribution is -0.137. The number of piperidine rings is 1. The van der Waals surface area contributed by atoms with Gasteiger partial charge in [0.15, 0.2) is 0 Å². The number of hydrogen-bond donors (Lipinski definition) is 1. The van der Waals surface area contributed by atoms with E-state index in [0.717, 1.165) is 32.4 Å². The number of methoxy groups -OCH3 is 2. The van der Waals surface area contributed by atoms with Crippen LogP contribution in [0.25, 0.3) is 10.9 Å². The van der Waals surface area contributed by atoms with E-state index in [-0.39, 0.29) is 11.9 Å². The first-order valence-electron chi connectivity index (χ1n) is 9.82. The highest BCUT2D eigenvalue weighted by Crippen LogP contribution is 2.45. The van der Waals surface area contributed by atoms with E-state index in [9.17, 15) is 4.79 Å². The topological polar surface area (TPSA) is 54.6 Å². The van der Waals surface area contributed by atoms with E-state index >= 15 is 0 Å². The molecule has 0 saturated carbocycles. The Morgan fingerprint density at radius 1 is 1.33 bits per heavy atom. The summed E-state index contributed by atoms with van der Waals surface area (Å²) in [5.74, 6) is 0.287. The van der Waals surface area contributed by atoms with Gasteiger partial charge in [0.1, 0.15) is 0 Å². The molecular weight excluding hydrogens is 340 g/mol. The third kappa shape index (κ3) is 3.04. The average molecular weight is 368 g/mol. The number of benzene rings is 1. The minimum Gasteiger partial charge on any atom is -0.504 e. The number of H-pyrrole nitrogens is 1. The van der Waals surface area contributed by atoms with Gasteiger partial charge in [0.2, 0.25) is 0 Å². The first kappa shape index (κ1) is 18.1. The molecule has 1 fully saturated rings. The molecule has 1 N–H and O–H groups in total. The van der Waals surface area contributed by atoms with Gasteiger partial charge >= 0.3 is 5.97 Å². The van der Waals surface area contributed by atoms with Crippen LogP contribution in [-0.4, -0.2) is 43.2 Å². The second-order valence-corrected chi connectivity index (χ2v) is 7.63. The predicted octanol–water partition coefficient (Wildman–Crippen LogP) is 3.82. The summed E-state index contributed by atoms with van der Waals surface area (Å²) in [5.41, 5.74) is 4.63. The zero-order chi connectivity index (χ0) is 19.0. The number of nitrogens with zero attached hydrogens (tertiary/aromatic N) is 1. The Balaban J connectivity index is 1.73. The molecule has 2 aliphatic heterocycles. The molecule has 4 rings (SSSR count). The van der Waals surface area contributed by atoms with Crippen molar-refractivity contribution in [3.05, 3.63) is 47.4 Å². The van der Waals surface area contributed by atoms with Crippen LogP contribution < -0.4 is 0 Å². The van der Waals surface area contributed by atoms with Gasteiger partial charge in [0.05, 0.1) is 32.1 Å². The Bertz CT molecular complexity index is 870. The Hall–Kier alpha value is -2.27. The molecule has 1 aromatic heterocycles. The number of fused-ring (bicyclic) bond motifs is 5. The van der Waals surface area contributed by atoms with Crippen LogP contribution in [0, 0.1) is 11.8 Å². The fourth-order valence-corrected chi connectivity index (χ4v) is 5.04. The molecule has 27 heavy (non-hydrogen) atoms. The summed E-state index contributed by atoms with van der Waals surface area (Å²) in [5, 5.41) is 1.34. The maximum Gasteiger partial charge on any atom is 0.337 e. The minimum absolute atomic E-state index is 0.140. The Morgan fingerprint density at radius 2 is 2.15 bits per heavy atom. The molecule has 144 valence electrons. The van der Waals surface area contributed by atoms with Crippen LogP contribution in [0.15, 0.2) is 36.1 Å². The van der Waals surface area contributed by atoms with Gasteiger partial charge in [0.25, 0.3) is 0 Å². The van der Waals surface area contributed by atoms with Crippen molar-refractivity contribution in [1.82, 2.24) is 9.88 Å². The molecule has 1 aromatic carbocycles. The normalized spacial score (nSPS) is 25.7. The molecule has 0 bridgehead atoms. The van der Waals surface area contributed by atoms with Crippen molar-refractivity contribution in [2.45, 2.75) is 32.2 Å². The number of ether oxygens (including phenoxy) is 2. The smallest absolute Gasteiger partial charge is 0.337 e. The Morgan fingerprint density at radius 3 is 2.89 bits per heavy atom. The van der Waals surface area contributed by atoms with E-state index in [4.69, 9.17) is 9.47 Å². The van der Waals surface area contributed by atoms with Crippen molar-refractivity contribution >= 4 is 16.9 Å². The van der Waals surface area contributed by atoms with Gasteiger partial charge < -0.3 is 14.5 Å². The van der Waals surface area contributed by atoms with Gasteiger partial charge in [-0.1, -0.05) is 31.5 Å². The summed E-state index contributed by atoms with van der Waals surface area (Å²) in [7, 11) is 3.04. The molecule has 1 saturated heterocycles. The second kappa shape index (κ2) is 7.39. The molecule has 0 unspecified atom stereocenters. The number of para-hydroxylation sites is 1. The van der Waals surface area contributed by atoms with Gasteiger partial charge in [-0.2, -0.15) is 0 Å². The van der Waals surface area contributed by atoms with Crippen LogP contribution in [0.5, 0.6) is 0 Å². The molecule has 5 heteroatoms. The summed E-state index contributed by atoms with van der Waals surface area (Å²) >= 11 is 0. The van der Waals surface area contributed by atoms with Crippen molar-refractivity contribution in [1.29, 1.82) is 0 Å². The number of nitrogens with one attached hydrogen (secondary N) is 1. The fourth-order valence-electron chi connectivity index (χ4n) is 5.04. The molecule has 0 amide bonds. The summed E-state index contributed by atoms with van der Waals surface area (Å²) in [6.07, 6.45) is 4.60. The van der Waals surface area contributed by atoms with Gasteiger partial charge in [0, 0.05) is 29.7 Å². The van der Waals surface area contributed by atoms with E-state index in [2.05, 4.69) is 41.1 Å². The van der Waals surface area contributed by atoms with E-state index in [1.165, 1.54) is 29.3 Å². The van der Waals surface area contributed by atoms with Crippen molar-refractivity contribution in [3.63, 3.8) is 0 Å². The number of carbonyl (C=O) groups is 1. The molecule has 0 aliphatic carbocycles. The lowest BCUT2D eigenvalue weighted by Gasteiger charge is -2.46. The van der Waals surface area contributed by atoms with Crippen LogP contribution in [0.2, 0.25) is 0 Å². The van der Waals surface area contributed by atoms with E-state index < -0.39 is 0 Å². The molecule has 0 spiro atoms. The van der Waals surface area contributed by atoms with E-state index in [1.54, 1.807) is 13.4 Å². The lowest BCUT2D eigenvalue weighted by atomic mass is 9.74. The van der Waals surface area contributed by atoms with Crippen LogP contribution in [0.3, 0.4) is 0 Å². The number of rotatable bonds is 4. The summed E-state index contributed by atoms with van der Waals surface area (Å²) in [6.45, 7) is 4.28. The van der Waals surface area contributed by atoms with Gasteiger partial charge in [-0.3, -0.25) is 4.90 Å². The van der Waals surface area contributed by atoms with E-state index in [1.807, 2.05) is 0 Å². The monoisotopic (exact) mass is 368 g/mol. The molecular formula is C22H28N2O3. The number of aromatic nitrogens is 1. The first-order chi connectivity index (χ1) is 13.2. The van der Waals surface area contributed by atoms with Crippen LogP contribution >= 0.6 is 0 Å². The number of hydrogen-bond acceptors (Lipinski definition) is 4. The number of aromatic amines is 1. The molecule has 5 nitrogen and oxygen atoms in total. The highest BCUT2D eigenvalue weighted by atomic mass is 16.5. The Kier molecular flexibility index (Phi) is 4.96. The van der Waals surface area contributed by atoms with Crippen LogP contribution in [0.4, 0.5) is 0 Å². The zero-order valence-electron chi connectivity index (χ0n) is 16.3. The maximum absolute atomic E-state index is 12.4. The number of carbonyl (C=O) groups excluding carboxylic acids is 1. The van der Waals surface area contributed by atoms with Crippen LogP contribution in [0.1, 0.15) is 37.1 Å². The van der Waals surface area contributed by atoms with E-state index in [0.29, 0.717) is 17.5 Å². The molecule has 2 aliphatic rings. The standard InChI is InChI=1S/C22H28N2O3/c1-4-14-12-24-10-9-16-15-7-5-6-8-19(15)23-21(16)20(24)11-17(14)18(13-26-2)22(25)27-3/h5-8,13-14,17,20,23H,4,9-12H2,1-3H3/b18-13-/t14-,17+,20-/m0/s1. The minimum atomic E-state index is -0.276. The van der Waals surface area contributed by atoms with Gasteiger partial charge in [-0.15, -0.1) is 0 Å². The van der Waals surface area contributed by atoms with Crippen molar-refractivity contribution in [2.75, 3.05) is 27.3 Å². The van der Waals surface area contributed by atoms with Gasteiger partial charge in [-0.25, -0.2) is 4.79 Å². The predicted molar refractivity (Wildman–Crippen MR) is 105 cm³/mol. The molecule has 2 aromatic rings. The van der Waals surface area contributed by atoms with Gasteiger partial charge in [-0.05, 0) is 36.3 Å². The quantitative estimate of drug-likeness (QED) is 0.506. The van der Waals surface area contributed by atoms with Crippen molar-refractivity contribution in [2.24, 2.45) is 11.8 Å². The SMILES string of the molecule is CC[C@H]1CN2CCc3c([nH]c4ccccc34)[C@@H]2C[C@H]1/C(=C/OC)C(=O)OC. The first-order valence-corrected chi connectivity index (χ1v) is 9.82. The van der Waals surface area contributed by atoms with Crippen LogP contribution in [-0.2, 0) is 20.7 Å². The highest BCUT2D eigenvalue weighted by Gasteiger charge is 2.42. The zero-order valence-corrected chi connectivity index (χ0v) is 16.3. The third-order valence-corrected chi connectivity index (χ3v) is 6.37. The fraction of sp³-hybridized carbons (Fsp3) is 0.500. The average Bonchev–Trinajstić information content (AvgIpc) is 3.09. The van der Waals surface area contributed by atoms with Crippen molar-refractivity contribution < 1.29 is 14.3 Å². The molecule has 0 radical (unpaired) electrons. The molecule has 3 heterocycles. The summed E-state index contributed by atoms with van der Waals surface area (Å²) in [6, 6.07) is 8.85. The van der Waals surface area contributed by atoms with Crippen molar-refractivity contribution in [3.8, 4) is 0 Å².